The summed E-state index contributed by atoms with van der Waals surface area (Å²) in [6, 6.07) is 16.3. The summed E-state index contributed by atoms with van der Waals surface area (Å²) in [6.45, 7) is 0.771. The molecule has 0 aliphatic heterocycles. The standard InChI is InChI=1S/C23H19N5O/c1-2-4-16(5-3-1)6-9-24-23-25-10-7-21(28-23)20-14-27-22-19(20)12-18(13-26-22)17-8-11-29-15-17/h1-5,7-8,10-15H,6,9H2,(H,26,27)(H,24,25,28). The summed E-state index contributed by atoms with van der Waals surface area (Å²) in [5.74, 6) is 0.617. The Balaban J connectivity index is 1.40. The van der Waals surface area contributed by atoms with Gasteiger partial charge in [-0.15, -0.1) is 0 Å². The van der Waals surface area contributed by atoms with Crippen LogP contribution in [-0.4, -0.2) is 26.5 Å². The van der Waals surface area contributed by atoms with Crippen LogP contribution in [0.1, 0.15) is 5.56 Å². The van der Waals surface area contributed by atoms with E-state index >= 15 is 0 Å². The van der Waals surface area contributed by atoms with E-state index in [4.69, 9.17) is 9.40 Å². The number of benzene rings is 1. The van der Waals surface area contributed by atoms with Crippen molar-refractivity contribution >= 4 is 17.0 Å². The average molecular weight is 381 g/mol. The first-order valence-corrected chi connectivity index (χ1v) is 9.48. The van der Waals surface area contributed by atoms with Crippen LogP contribution in [0.4, 0.5) is 5.95 Å². The zero-order valence-electron chi connectivity index (χ0n) is 15.7. The molecular weight excluding hydrogens is 362 g/mol. The molecule has 5 aromatic rings. The molecule has 0 aliphatic rings. The van der Waals surface area contributed by atoms with Gasteiger partial charge in [-0.3, -0.25) is 0 Å². The van der Waals surface area contributed by atoms with E-state index in [1.807, 2.05) is 30.6 Å². The first-order valence-electron chi connectivity index (χ1n) is 9.48. The van der Waals surface area contributed by atoms with Crippen molar-refractivity contribution in [2.75, 3.05) is 11.9 Å². The molecular formula is C23H19N5O. The third-order valence-electron chi connectivity index (χ3n) is 4.86. The van der Waals surface area contributed by atoms with Gasteiger partial charge in [-0.1, -0.05) is 30.3 Å². The van der Waals surface area contributed by atoms with Crippen molar-refractivity contribution in [3.63, 3.8) is 0 Å². The van der Waals surface area contributed by atoms with Crippen LogP contribution in [0.25, 0.3) is 33.4 Å². The van der Waals surface area contributed by atoms with Gasteiger partial charge in [-0.25, -0.2) is 15.0 Å². The van der Waals surface area contributed by atoms with Crippen molar-refractivity contribution in [1.29, 1.82) is 0 Å². The summed E-state index contributed by atoms with van der Waals surface area (Å²) in [4.78, 5) is 16.8. The average Bonchev–Trinajstić information content (AvgIpc) is 3.44. The number of pyridine rings is 1. The molecule has 4 heterocycles. The fourth-order valence-corrected chi connectivity index (χ4v) is 3.36. The van der Waals surface area contributed by atoms with Crippen molar-refractivity contribution in [3.8, 4) is 22.4 Å². The van der Waals surface area contributed by atoms with E-state index in [0.29, 0.717) is 5.95 Å². The molecule has 0 fully saturated rings. The number of furan rings is 1. The predicted octanol–water partition coefficient (Wildman–Crippen LogP) is 4.93. The van der Waals surface area contributed by atoms with Crippen LogP contribution in [0.3, 0.4) is 0 Å². The van der Waals surface area contributed by atoms with E-state index in [1.54, 1.807) is 18.7 Å². The minimum Gasteiger partial charge on any atom is -0.472 e. The van der Waals surface area contributed by atoms with Crippen molar-refractivity contribution in [2.45, 2.75) is 6.42 Å². The van der Waals surface area contributed by atoms with Gasteiger partial charge < -0.3 is 14.7 Å². The highest BCUT2D eigenvalue weighted by molar-refractivity contribution is 5.94. The van der Waals surface area contributed by atoms with E-state index < -0.39 is 0 Å². The molecule has 0 unspecified atom stereocenters. The van der Waals surface area contributed by atoms with Gasteiger partial charge in [0.05, 0.1) is 18.2 Å². The van der Waals surface area contributed by atoms with E-state index in [9.17, 15) is 0 Å². The Morgan fingerprint density at radius 3 is 2.79 bits per heavy atom. The number of rotatable bonds is 6. The minimum absolute atomic E-state index is 0.617. The summed E-state index contributed by atoms with van der Waals surface area (Å²) in [5.41, 5.74) is 5.95. The SMILES string of the molecule is c1ccc(CCNc2nccc(-c3c[nH]c4ncc(-c5ccoc5)cc34)n2)cc1. The highest BCUT2D eigenvalue weighted by Gasteiger charge is 2.11. The molecule has 0 spiro atoms. The number of nitrogens with zero attached hydrogens (tertiary/aromatic N) is 3. The first-order chi connectivity index (χ1) is 14.4. The number of aromatic nitrogens is 4. The lowest BCUT2D eigenvalue weighted by molar-refractivity contribution is 0.568. The molecule has 1 aromatic carbocycles. The molecule has 6 nitrogen and oxygen atoms in total. The number of nitrogens with one attached hydrogen (secondary N) is 2. The lowest BCUT2D eigenvalue weighted by Crippen LogP contribution is -2.08. The fraction of sp³-hybridized carbons (Fsp3) is 0.0870. The van der Waals surface area contributed by atoms with Gasteiger partial charge in [0, 0.05) is 47.2 Å². The van der Waals surface area contributed by atoms with Gasteiger partial charge in [0.25, 0.3) is 0 Å². The number of fused-ring (bicyclic) bond motifs is 1. The zero-order chi connectivity index (χ0) is 19.5. The van der Waals surface area contributed by atoms with Crippen LogP contribution in [-0.2, 0) is 6.42 Å². The van der Waals surface area contributed by atoms with Crippen LogP contribution in [0.5, 0.6) is 0 Å². The van der Waals surface area contributed by atoms with Gasteiger partial charge in [0.2, 0.25) is 5.95 Å². The summed E-state index contributed by atoms with van der Waals surface area (Å²) in [6.07, 6.45) is 9.85. The fourth-order valence-electron chi connectivity index (χ4n) is 3.36. The van der Waals surface area contributed by atoms with Gasteiger partial charge in [0.1, 0.15) is 5.65 Å². The van der Waals surface area contributed by atoms with Crippen LogP contribution >= 0.6 is 0 Å². The van der Waals surface area contributed by atoms with E-state index in [2.05, 4.69) is 50.6 Å². The quantitative estimate of drug-likeness (QED) is 0.436. The maximum Gasteiger partial charge on any atom is 0.223 e. The topological polar surface area (TPSA) is 79.6 Å². The van der Waals surface area contributed by atoms with Gasteiger partial charge in [0.15, 0.2) is 0 Å². The third kappa shape index (κ3) is 3.60. The molecule has 5 rings (SSSR count). The molecule has 4 aromatic heterocycles. The Hall–Kier alpha value is -3.93. The number of hydrogen-bond donors (Lipinski definition) is 2. The molecule has 0 aliphatic carbocycles. The van der Waals surface area contributed by atoms with Crippen LogP contribution < -0.4 is 5.32 Å². The van der Waals surface area contributed by atoms with Crippen molar-refractivity contribution in [1.82, 2.24) is 19.9 Å². The van der Waals surface area contributed by atoms with Crippen LogP contribution in [0.2, 0.25) is 0 Å². The molecule has 0 saturated carbocycles. The normalized spacial score (nSPS) is 11.0. The van der Waals surface area contributed by atoms with Crippen LogP contribution in [0.15, 0.2) is 84.1 Å². The number of hydrogen-bond acceptors (Lipinski definition) is 5. The lowest BCUT2D eigenvalue weighted by Gasteiger charge is -2.06. The molecule has 0 saturated heterocycles. The number of anilines is 1. The Morgan fingerprint density at radius 2 is 1.93 bits per heavy atom. The Bertz CT molecular complexity index is 1230. The molecule has 6 heteroatoms. The lowest BCUT2D eigenvalue weighted by atomic mass is 10.1. The molecule has 2 N–H and O–H groups in total. The van der Waals surface area contributed by atoms with E-state index in [0.717, 1.165) is 46.4 Å². The largest absolute Gasteiger partial charge is 0.472 e. The maximum atomic E-state index is 5.20. The first kappa shape index (κ1) is 17.2. The summed E-state index contributed by atoms with van der Waals surface area (Å²) in [5, 5.41) is 4.33. The number of aromatic amines is 1. The third-order valence-corrected chi connectivity index (χ3v) is 4.86. The van der Waals surface area contributed by atoms with Gasteiger partial charge in [-0.05, 0) is 30.2 Å². The second-order valence-corrected chi connectivity index (χ2v) is 6.76. The minimum atomic E-state index is 0.617. The highest BCUT2D eigenvalue weighted by Crippen LogP contribution is 2.30. The Morgan fingerprint density at radius 1 is 1.00 bits per heavy atom. The second kappa shape index (κ2) is 7.59. The molecule has 0 bridgehead atoms. The molecule has 0 amide bonds. The van der Waals surface area contributed by atoms with Crippen molar-refractivity contribution < 1.29 is 4.42 Å². The van der Waals surface area contributed by atoms with Crippen molar-refractivity contribution in [2.24, 2.45) is 0 Å². The predicted molar refractivity (Wildman–Crippen MR) is 113 cm³/mol. The molecule has 29 heavy (non-hydrogen) atoms. The van der Waals surface area contributed by atoms with Gasteiger partial charge in [-0.2, -0.15) is 0 Å². The molecule has 0 radical (unpaired) electrons. The number of H-pyrrole nitrogens is 1. The Labute approximate surface area is 167 Å². The van der Waals surface area contributed by atoms with Crippen molar-refractivity contribution in [3.05, 3.63) is 85.2 Å². The van der Waals surface area contributed by atoms with Gasteiger partial charge >= 0.3 is 0 Å². The molecule has 142 valence electrons. The molecule has 0 atom stereocenters. The smallest absolute Gasteiger partial charge is 0.223 e. The summed E-state index contributed by atoms with van der Waals surface area (Å²) >= 11 is 0. The van der Waals surface area contributed by atoms with Crippen LogP contribution in [0, 0.1) is 0 Å². The summed E-state index contributed by atoms with van der Waals surface area (Å²) in [7, 11) is 0. The summed E-state index contributed by atoms with van der Waals surface area (Å²) < 4.78 is 5.20. The maximum absolute atomic E-state index is 5.20. The van der Waals surface area contributed by atoms with E-state index in [-0.39, 0.29) is 0 Å². The van der Waals surface area contributed by atoms with E-state index in [1.165, 1.54) is 5.56 Å². The Kier molecular flexibility index (Phi) is 4.50. The zero-order valence-corrected chi connectivity index (χ0v) is 15.7. The highest BCUT2D eigenvalue weighted by atomic mass is 16.3. The second-order valence-electron chi connectivity index (χ2n) is 6.76. The monoisotopic (exact) mass is 381 g/mol.